The Morgan fingerprint density at radius 3 is 2.71 bits per heavy atom. The van der Waals surface area contributed by atoms with Crippen molar-refractivity contribution in [1.29, 1.82) is 0 Å². The summed E-state index contributed by atoms with van der Waals surface area (Å²) in [6, 6.07) is 4.97. The maximum Gasteiger partial charge on any atom is 0.233 e. The van der Waals surface area contributed by atoms with Crippen molar-refractivity contribution in [1.82, 2.24) is 4.90 Å². The fraction of sp³-hybridized carbons (Fsp3) is 0.562. The van der Waals surface area contributed by atoms with Crippen LogP contribution in [-0.4, -0.2) is 29.1 Å². The Labute approximate surface area is 130 Å². The number of hydrogen-bond donors (Lipinski definition) is 1. The standard InChI is InChI=1S/C16H23FN2OS/c1-2-19(13-6-4-3-5-7-13)16(20)11-21-15-9-8-12(18)10-14(15)17/h8-10,13H,2-7,11,18H2,1H3. The number of carbonyl (C=O) groups is 1. The highest BCUT2D eigenvalue weighted by atomic mass is 32.2. The number of halogens is 1. The molecule has 3 nitrogen and oxygen atoms in total. The number of rotatable bonds is 5. The first-order chi connectivity index (χ1) is 10.1. The SMILES string of the molecule is CCN(C(=O)CSc1ccc(N)cc1F)C1CCCCC1. The van der Waals surface area contributed by atoms with Gasteiger partial charge in [0.05, 0.1) is 5.75 Å². The summed E-state index contributed by atoms with van der Waals surface area (Å²) >= 11 is 1.25. The summed E-state index contributed by atoms with van der Waals surface area (Å²) < 4.78 is 13.7. The van der Waals surface area contributed by atoms with Crippen LogP contribution in [0.2, 0.25) is 0 Å². The lowest BCUT2D eigenvalue weighted by Crippen LogP contribution is -2.42. The van der Waals surface area contributed by atoms with Crippen LogP contribution in [0.5, 0.6) is 0 Å². The minimum Gasteiger partial charge on any atom is -0.399 e. The van der Waals surface area contributed by atoms with E-state index in [1.165, 1.54) is 37.1 Å². The molecule has 1 aromatic rings. The first-order valence-electron chi connectivity index (χ1n) is 7.59. The number of thioether (sulfide) groups is 1. The van der Waals surface area contributed by atoms with Gasteiger partial charge < -0.3 is 10.6 Å². The molecule has 0 unspecified atom stereocenters. The molecule has 1 aliphatic carbocycles. The number of carbonyl (C=O) groups excluding carboxylic acids is 1. The fourth-order valence-corrected chi connectivity index (χ4v) is 3.69. The highest BCUT2D eigenvalue weighted by Gasteiger charge is 2.24. The fourth-order valence-electron chi connectivity index (χ4n) is 2.89. The highest BCUT2D eigenvalue weighted by molar-refractivity contribution is 8.00. The largest absolute Gasteiger partial charge is 0.399 e. The third kappa shape index (κ3) is 4.37. The zero-order valence-electron chi connectivity index (χ0n) is 12.5. The van der Waals surface area contributed by atoms with Gasteiger partial charge in [0, 0.05) is 23.2 Å². The average molecular weight is 310 g/mol. The minimum atomic E-state index is -0.353. The summed E-state index contributed by atoms with van der Waals surface area (Å²) in [6.45, 7) is 2.75. The maximum absolute atomic E-state index is 13.7. The first-order valence-corrected chi connectivity index (χ1v) is 8.57. The second kappa shape index (κ2) is 7.69. The van der Waals surface area contributed by atoms with Crippen molar-refractivity contribution in [2.75, 3.05) is 18.0 Å². The van der Waals surface area contributed by atoms with Gasteiger partial charge in [0.2, 0.25) is 5.91 Å². The third-order valence-corrected chi connectivity index (χ3v) is 5.02. The van der Waals surface area contributed by atoms with Crippen LogP contribution in [0, 0.1) is 5.82 Å². The van der Waals surface area contributed by atoms with Crippen LogP contribution in [0.3, 0.4) is 0 Å². The molecule has 0 aromatic heterocycles. The van der Waals surface area contributed by atoms with E-state index < -0.39 is 0 Å². The maximum atomic E-state index is 13.7. The van der Waals surface area contributed by atoms with Gasteiger partial charge in [0.15, 0.2) is 0 Å². The monoisotopic (exact) mass is 310 g/mol. The summed E-state index contributed by atoms with van der Waals surface area (Å²) in [5.74, 6) is 0.0321. The Kier molecular flexibility index (Phi) is 5.91. The van der Waals surface area contributed by atoms with Gasteiger partial charge in [0.25, 0.3) is 0 Å². The van der Waals surface area contributed by atoms with Crippen molar-refractivity contribution in [2.45, 2.75) is 50.0 Å². The molecule has 21 heavy (non-hydrogen) atoms. The molecule has 0 spiro atoms. The number of benzene rings is 1. The average Bonchev–Trinajstić information content (AvgIpc) is 2.48. The lowest BCUT2D eigenvalue weighted by molar-refractivity contribution is -0.131. The van der Waals surface area contributed by atoms with Crippen LogP contribution in [0.15, 0.2) is 23.1 Å². The molecule has 0 heterocycles. The lowest BCUT2D eigenvalue weighted by Gasteiger charge is -2.33. The zero-order chi connectivity index (χ0) is 15.2. The molecule has 2 rings (SSSR count). The molecule has 5 heteroatoms. The Morgan fingerprint density at radius 2 is 2.10 bits per heavy atom. The number of nitrogens with zero attached hydrogens (tertiary/aromatic N) is 1. The van der Waals surface area contributed by atoms with Gasteiger partial charge in [-0.1, -0.05) is 19.3 Å². The molecule has 1 saturated carbocycles. The normalized spacial score (nSPS) is 15.9. The molecule has 2 N–H and O–H groups in total. The Morgan fingerprint density at radius 1 is 1.38 bits per heavy atom. The quantitative estimate of drug-likeness (QED) is 0.666. The summed E-state index contributed by atoms with van der Waals surface area (Å²) in [6.07, 6.45) is 5.87. The summed E-state index contributed by atoms with van der Waals surface area (Å²) in [5.41, 5.74) is 5.93. The molecule has 1 fully saturated rings. The summed E-state index contributed by atoms with van der Waals surface area (Å²) in [7, 11) is 0. The van der Waals surface area contributed by atoms with Gasteiger partial charge in [-0.15, -0.1) is 11.8 Å². The van der Waals surface area contributed by atoms with Gasteiger partial charge in [-0.3, -0.25) is 4.79 Å². The molecule has 1 aromatic carbocycles. The van der Waals surface area contributed by atoms with E-state index in [0.29, 0.717) is 16.6 Å². The number of amides is 1. The van der Waals surface area contributed by atoms with Crippen molar-refractivity contribution in [3.05, 3.63) is 24.0 Å². The molecule has 0 bridgehead atoms. The third-order valence-electron chi connectivity index (χ3n) is 3.98. The van der Waals surface area contributed by atoms with E-state index in [4.69, 9.17) is 5.73 Å². The molecule has 1 amide bonds. The highest BCUT2D eigenvalue weighted by Crippen LogP contribution is 2.26. The number of nitrogen functional groups attached to an aromatic ring is 1. The molecular weight excluding hydrogens is 287 g/mol. The van der Waals surface area contributed by atoms with Gasteiger partial charge in [-0.2, -0.15) is 0 Å². The molecule has 0 saturated heterocycles. The van der Waals surface area contributed by atoms with Gasteiger partial charge in [-0.05, 0) is 38.0 Å². The van der Waals surface area contributed by atoms with E-state index in [-0.39, 0.29) is 17.5 Å². The van der Waals surface area contributed by atoms with Crippen LogP contribution < -0.4 is 5.73 Å². The molecular formula is C16H23FN2OS. The van der Waals surface area contributed by atoms with E-state index in [2.05, 4.69) is 0 Å². The number of anilines is 1. The van der Waals surface area contributed by atoms with Crippen molar-refractivity contribution in [3.63, 3.8) is 0 Å². The summed E-state index contributed by atoms with van der Waals surface area (Å²) in [4.78, 5) is 14.8. The second-order valence-electron chi connectivity index (χ2n) is 5.45. The van der Waals surface area contributed by atoms with E-state index in [9.17, 15) is 9.18 Å². The van der Waals surface area contributed by atoms with Gasteiger partial charge in [-0.25, -0.2) is 4.39 Å². The number of hydrogen-bond acceptors (Lipinski definition) is 3. The van der Waals surface area contributed by atoms with Crippen LogP contribution >= 0.6 is 11.8 Å². The molecule has 1 aliphatic rings. The Balaban J connectivity index is 1.92. The van der Waals surface area contributed by atoms with Crippen LogP contribution in [0.4, 0.5) is 10.1 Å². The predicted octanol–water partition coefficient (Wildman–Crippen LogP) is 3.68. The van der Waals surface area contributed by atoms with Crippen LogP contribution in [0.1, 0.15) is 39.0 Å². The topological polar surface area (TPSA) is 46.3 Å². The smallest absolute Gasteiger partial charge is 0.233 e. The molecule has 116 valence electrons. The molecule has 0 aliphatic heterocycles. The van der Waals surface area contributed by atoms with Crippen molar-refractivity contribution in [2.24, 2.45) is 0 Å². The van der Waals surface area contributed by atoms with E-state index in [0.717, 1.165) is 19.4 Å². The van der Waals surface area contributed by atoms with Crippen molar-refractivity contribution in [3.8, 4) is 0 Å². The molecule has 0 radical (unpaired) electrons. The Bertz CT molecular complexity index is 489. The van der Waals surface area contributed by atoms with Crippen molar-refractivity contribution < 1.29 is 9.18 Å². The first kappa shape index (κ1) is 16.1. The predicted molar refractivity (Wildman–Crippen MR) is 85.8 cm³/mol. The second-order valence-corrected chi connectivity index (χ2v) is 6.47. The molecule has 0 atom stereocenters. The van der Waals surface area contributed by atoms with Crippen LogP contribution in [-0.2, 0) is 4.79 Å². The van der Waals surface area contributed by atoms with E-state index in [1.807, 2.05) is 11.8 Å². The van der Waals surface area contributed by atoms with Gasteiger partial charge in [0.1, 0.15) is 5.82 Å². The lowest BCUT2D eigenvalue weighted by atomic mass is 9.94. The zero-order valence-corrected chi connectivity index (χ0v) is 13.3. The van der Waals surface area contributed by atoms with Crippen molar-refractivity contribution >= 4 is 23.4 Å². The van der Waals surface area contributed by atoms with E-state index in [1.54, 1.807) is 12.1 Å². The van der Waals surface area contributed by atoms with E-state index >= 15 is 0 Å². The number of nitrogens with two attached hydrogens (primary N) is 1. The summed E-state index contributed by atoms with van der Waals surface area (Å²) in [5, 5.41) is 0. The van der Waals surface area contributed by atoms with Gasteiger partial charge >= 0.3 is 0 Å². The minimum absolute atomic E-state index is 0.102. The Hall–Kier alpha value is -1.23. The van der Waals surface area contributed by atoms with Crippen LogP contribution in [0.25, 0.3) is 0 Å².